The van der Waals surface area contributed by atoms with Crippen molar-refractivity contribution < 1.29 is 24.6 Å². The first-order valence-electron chi connectivity index (χ1n) is 5.70. The van der Waals surface area contributed by atoms with Crippen LogP contribution in [-0.4, -0.2) is 36.2 Å². The minimum atomic E-state index is -1.24. The van der Waals surface area contributed by atoms with E-state index in [1.54, 1.807) is 12.1 Å². The molecule has 104 valence electrons. The van der Waals surface area contributed by atoms with Crippen molar-refractivity contribution in [3.05, 3.63) is 23.8 Å². The fraction of sp³-hybridized carbons (Fsp3) is 0.385. The van der Waals surface area contributed by atoms with Crippen LogP contribution >= 0.6 is 0 Å². The van der Waals surface area contributed by atoms with Gasteiger partial charge in [-0.2, -0.15) is 0 Å². The molecule has 6 heteroatoms. The van der Waals surface area contributed by atoms with Gasteiger partial charge in [-0.1, -0.05) is 24.2 Å². The van der Waals surface area contributed by atoms with E-state index in [2.05, 4.69) is 5.16 Å². The van der Waals surface area contributed by atoms with Crippen LogP contribution < -0.4 is 9.47 Å². The molecule has 0 saturated carbocycles. The van der Waals surface area contributed by atoms with Crippen LogP contribution in [0, 0.1) is 0 Å². The molecule has 0 bridgehead atoms. The summed E-state index contributed by atoms with van der Waals surface area (Å²) in [6, 6.07) is 5.37. The van der Waals surface area contributed by atoms with E-state index in [1.165, 1.54) is 14.2 Å². The molecule has 1 aromatic rings. The molecule has 0 amide bonds. The molecule has 0 radical (unpaired) electrons. The Morgan fingerprint density at radius 2 is 2.05 bits per heavy atom. The third-order valence-corrected chi connectivity index (χ3v) is 2.83. The molecule has 0 aliphatic rings. The van der Waals surface area contributed by atoms with E-state index >= 15 is 0 Å². The molecule has 1 rings (SSSR count). The molecule has 0 aliphatic carbocycles. The number of hydrogen-bond donors (Lipinski definition) is 2. The van der Waals surface area contributed by atoms with Gasteiger partial charge in [0.05, 0.1) is 14.2 Å². The average Bonchev–Trinajstić information content (AvgIpc) is 2.42. The number of methoxy groups -OCH3 is 2. The summed E-state index contributed by atoms with van der Waals surface area (Å²) in [6.45, 7) is 1.82. The van der Waals surface area contributed by atoms with Gasteiger partial charge in [0.25, 0.3) is 0 Å². The van der Waals surface area contributed by atoms with Gasteiger partial charge in [0, 0.05) is 12.0 Å². The van der Waals surface area contributed by atoms with Crippen molar-refractivity contribution in [1.82, 2.24) is 0 Å². The maximum Gasteiger partial charge on any atom is 0.353 e. The predicted molar refractivity (Wildman–Crippen MR) is 69.4 cm³/mol. The van der Waals surface area contributed by atoms with Crippen molar-refractivity contribution in [2.75, 3.05) is 14.2 Å². The lowest BCUT2D eigenvalue weighted by Crippen LogP contribution is -2.16. The number of oxime groups is 1. The Labute approximate surface area is 111 Å². The molecular formula is C13H17NO5. The lowest BCUT2D eigenvalue weighted by molar-refractivity contribution is -0.129. The van der Waals surface area contributed by atoms with Crippen LogP contribution in [-0.2, 0) is 4.79 Å². The third kappa shape index (κ3) is 3.37. The monoisotopic (exact) mass is 267 g/mol. The number of ether oxygens (including phenoxy) is 2. The van der Waals surface area contributed by atoms with Crippen LogP contribution in [0.25, 0.3) is 0 Å². The van der Waals surface area contributed by atoms with Crippen LogP contribution in [0.15, 0.2) is 23.4 Å². The third-order valence-electron chi connectivity index (χ3n) is 2.83. The van der Waals surface area contributed by atoms with Crippen molar-refractivity contribution >= 4 is 11.7 Å². The van der Waals surface area contributed by atoms with Gasteiger partial charge in [-0.3, -0.25) is 0 Å². The van der Waals surface area contributed by atoms with Gasteiger partial charge in [-0.05, 0) is 12.0 Å². The quantitative estimate of drug-likeness (QED) is 0.468. The van der Waals surface area contributed by atoms with E-state index < -0.39 is 5.97 Å². The Kier molecular flexibility index (Phi) is 5.17. The summed E-state index contributed by atoms with van der Waals surface area (Å²) in [4.78, 5) is 10.8. The van der Waals surface area contributed by atoms with Crippen LogP contribution in [0.3, 0.4) is 0 Å². The number of para-hydroxylation sites is 1. The largest absolute Gasteiger partial charge is 0.493 e. The minimum Gasteiger partial charge on any atom is -0.493 e. The second-order valence-electron chi connectivity index (χ2n) is 4.04. The number of aliphatic carboxylic acids is 1. The molecular weight excluding hydrogens is 250 g/mol. The Morgan fingerprint density at radius 1 is 1.37 bits per heavy atom. The molecule has 1 aromatic carbocycles. The average molecular weight is 267 g/mol. The first-order chi connectivity index (χ1) is 9.04. The zero-order valence-corrected chi connectivity index (χ0v) is 11.1. The van der Waals surface area contributed by atoms with Gasteiger partial charge in [0.15, 0.2) is 17.2 Å². The van der Waals surface area contributed by atoms with E-state index in [1.807, 2.05) is 13.0 Å². The van der Waals surface area contributed by atoms with Gasteiger partial charge in [0.2, 0.25) is 0 Å². The molecule has 0 spiro atoms. The molecule has 0 heterocycles. The van der Waals surface area contributed by atoms with Gasteiger partial charge < -0.3 is 19.8 Å². The van der Waals surface area contributed by atoms with Crippen LogP contribution in [0.4, 0.5) is 0 Å². The SMILES string of the molecule is COc1cccc(C(C)C/C(=N/O)C(=O)O)c1OC. The van der Waals surface area contributed by atoms with Gasteiger partial charge in [-0.15, -0.1) is 0 Å². The lowest BCUT2D eigenvalue weighted by atomic mass is 9.94. The molecule has 0 fully saturated rings. The summed E-state index contributed by atoms with van der Waals surface area (Å²) in [5.74, 6) is -0.298. The fourth-order valence-corrected chi connectivity index (χ4v) is 1.87. The van der Waals surface area contributed by atoms with Crippen molar-refractivity contribution in [2.45, 2.75) is 19.3 Å². The zero-order chi connectivity index (χ0) is 14.4. The topological polar surface area (TPSA) is 88.4 Å². The van der Waals surface area contributed by atoms with Crippen LogP contribution in [0.2, 0.25) is 0 Å². The molecule has 0 aliphatic heterocycles. The Bertz CT molecular complexity index is 484. The molecule has 0 aromatic heterocycles. The highest BCUT2D eigenvalue weighted by Gasteiger charge is 2.20. The van der Waals surface area contributed by atoms with E-state index in [0.29, 0.717) is 11.5 Å². The van der Waals surface area contributed by atoms with E-state index in [9.17, 15) is 4.79 Å². The standard InChI is InChI=1S/C13H17NO5/c1-8(7-10(14-17)13(15)16)9-5-4-6-11(18-2)12(9)19-3/h4-6,8,17H,7H2,1-3H3,(H,15,16)/b14-10-. The highest BCUT2D eigenvalue weighted by molar-refractivity contribution is 6.35. The summed E-state index contributed by atoms with van der Waals surface area (Å²) >= 11 is 0. The number of carboxylic acids is 1. The number of benzene rings is 1. The first kappa shape index (κ1) is 14.8. The minimum absolute atomic E-state index is 0.0926. The summed E-state index contributed by atoms with van der Waals surface area (Å²) < 4.78 is 10.5. The highest BCUT2D eigenvalue weighted by Crippen LogP contribution is 2.36. The van der Waals surface area contributed by atoms with Crippen molar-refractivity contribution in [2.24, 2.45) is 5.16 Å². The lowest BCUT2D eigenvalue weighted by Gasteiger charge is -2.17. The van der Waals surface area contributed by atoms with E-state index in [-0.39, 0.29) is 18.1 Å². The van der Waals surface area contributed by atoms with E-state index in [0.717, 1.165) is 5.56 Å². The smallest absolute Gasteiger partial charge is 0.353 e. The number of carbonyl (C=O) groups is 1. The van der Waals surface area contributed by atoms with Crippen molar-refractivity contribution in [3.63, 3.8) is 0 Å². The Balaban J connectivity index is 3.06. The summed E-state index contributed by atoms with van der Waals surface area (Å²) in [7, 11) is 3.05. The van der Waals surface area contributed by atoms with Gasteiger partial charge in [0.1, 0.15) is 0 Å². The summed E-state index contributed by atoms with van der Waals surface area (Å²) in [5, 5.41) is 20.3. The number of nitrogens with zero attached hydrogens (tertiary/aromatic N) is 1. The normalized spacial score (nSPS) is 12.9. The number of hydrogen-bond acceptors (Lipinski definition) is 5. The van der Waals surface area contributed by atoms with Crippen molar-refractivity contribution in [1.29, 1.82) is 0 Å². The van der Waals surface area contributed by atoms with Crippen LogP contribution in [0.1, 0.15) is 24.8 Å². The second-order valence-corrected chi connectivity index (χ2v) is 4.04. The molecule has 19 heavy (non-hydrogen) atoms. The van der Waals surface area contributed by atoms with Gasteiger partial charge >= 0.3 is 5.97 Å². The summed E-state index contributed by atoms with van der Waals surface area (Å²) in [5.41, 5.74) is 0.502. The fourth-order valence-electron chi connectivity index (χ4n) is 1.87. The van der Waals surface area contributed by atoms with Crippen molar-refractivity contribution in [3.8, 4) is 11.5 Å². The molecule has 6 nitrogen and oxygen atoms in total. The predicted octanol–water partition coefficient (Wildman–Crippen LogP) is 2.11. The second kappa shape index (κ2) is 6.63. The number of carboxylic acid groups (broad SMARTS) is 1. The Morgan fingerprint density at radius 3 is 2.53 bits per heavy atom. The Hall–Kier alpha value is -2.24. The number of rotatable bonds is 6. The highest BCUT2D eigenvalue weighted by atomic mass is 16.5. The zero-order valence-electron chi connectivity index (χ0n) is 11.1. The van der Waals surface area contributed by atoms with Crippen LogP contribution in [0.5, 0.6) is 11.5 Å². The summed E-state index contributed by atoms with van der Waals surface area (Å²) in [6.07, 6.45) is 0.0926. The maximum absolute atomic E-state index is 10.8. The molecule has 2 N–H and O–H groups in total. The maximum atomic E-state index is 10.8. The molecule has 0 saturated heterocycles. The first-order valence-corrected chi connectivity index (χ1v) is 5.70. The van der Waals surface area contributed by atoms with Gasteiger partial charge in [-0.25, -0.2) is 4.79 Å². The molecule has 1 atom stereocenters. The van der Waals surface area contributed by atoms with E-state index in [4.69, 9.17) is 19.8 Å². The molecule has 1 unspecified atom stereocenters.